The van der Waals surface area contributed by atoms with Gasteiger partial charge in [0.05, 0.1) is 0 Å². The average molecular weight is 281 g/mol. The van der Waals surface area contributed by atoms with Crippen molar-refractivity contribution in [1.29, 1.82) is 0 Å². The van der Waals surface area contributed by atoms with E-state index in [-0.39, 0.29) is 5.82 Å². The summed E-state index contributed by atoms with van der Waals surface area (Å²) in [6, 6.07) is 11.6. The van der Waals surface area contributed by atoms with Crippen molar-refractivity contribution in [1.82, 2.24) is 0 Å². The monoisotopic (exact) mass is 280 g/mol. The Kier molecular flexibility index (Phi) is 4.39. The lowest BCUT2D eigenvalue weighted by atomic mass is 10.2. The lowest BCUT2D eigenvalue weighted by Crippen LogP contribution is -1.86. The summed E-state index contributed by atoms with van der Waals surface area (Å²) >= 11 is 7.50. The topological polar surface area (TPSA) is 17.1 Å². The van der Waals surface area contributed by atoms with E-state index in [1.54, 1.807) is 18.2 Å². The van der Waals surface area contributed by atoms with E-state index >= 15 is 0 Å². The summed E-state index contributed by atoms with van der Waals surface area (Å²) in [7, 11) is 0. The molecule has 0 spiro atoms. The molecule has 0 aliphatic carbocycles. The average Bonchev–Trinajstić information content (AvgIpc) is 2.40. The summed E-state index contributed by atoms with van der Waals surface area (Å²) in [5.41, 5.74) is 1.38. The third-order valence-corrected chi connectivity index (χ3v) is 3.81. The maximum atomic E-state index is 13.1. The molecule has 0 radical (unpaired) electrons. The second-order valence-electron chi connectivity index (χ2n) is 3.71. The van der Waals surface area contributed by atoms with E-state index in [9.17, 15) is 9.18 Å². The van der Waals surface area contributed by atoms with Crippen LogP contribution >= 0.6 is 23.4 Å². The molecule has 2 rings (SSSR count). The Morgan fingerprint density at radius 2 is 2.06 bits per heavy atom. The maximum Gasteiger partial charge on any atom is 0.150 e. The largest absolute Gasteiger partial charge is 0.298 e. The van der Waals surface area contributed by atoms with Gasteiger partial charge >= 0.3 is 0 Å². The number of benzene rings is 2. The zero-order valence-electron chi connectivity index (χ0n) is 9.40. The Morgan fingerprint density at radius 3 is 2.83 bits per heavy atom. The van der Waals surface area contributed by atoms with Crippen LogP contribution in [0.3, 0.4) is 0 Å². The highest BCUT2D eigenvalue weighted by Crippen LogP contribution is 2.27. The quantitative estimate of drug-likeness (QED) is 0.602. The van der Waals surface area contributed by atoms with E-state index in [4.69, 9.17) is 11.6 Å². The summed E-state index contributed by atoms with van der Waals surface area (Å²) in [6.07, 6.45) is 0.805. The molecule has 2 aromatic rings. The number of hydrogen-bond donors (Lipinski definition) is 0. The summed E-state index contributed by atoms with van der Waals surface area (Å²) in [5, 5.41) is 0.551. The molecule has 0 N–H and O–H groups in total. The Balaban J connectivity index is 2.11. The molecule has 0 bridgehead atoms. The summed E-state index contributed by atoms with van der Waals surface area (Å²) in [6.45, 7) is 0. The number of rotatable bonds is 4. The molecule has 0 aliphatic heterocycles. The molecule has 0 heterocycles. The van der Waals surface area contributed by atoms with Gasteiger partial charge < -0.3 is 0 Å². The highest BCUT2D eigenvalue weighted by atomic mass is 35.5. The van der Waals surface area contributed by atoms with E-state index in [0.29, 0.717) is 16.3 Å². The lowest BCUT2D eigenvalue weighted by Gasteiger charge is -2.05. The molecular weight excluding hydrogens is 271 g/mol. The van der Waals surface area contributed by atoms with E-state index in [2.05, 4.69) is 0 Å². The molecule has 1 nitrogen and oxygen atoms in total. The minimum absolute atomic E-state index is 0.295. The van der Waals surface area contributed by atoms with Crippen LogP contribution in [0.5, 0.6) is 0 Å². The number of carbonyl (C=O) groups excluding carboxylic acids is 1. The molecule has 0 aliphatic rings. The van der Waals surface area contributed by atoms with Crippen molar-refractivity contribution in [2.24, 2.45) is 0 Å². The van der Waals surface area contributed by atoms with E-state index in [1.807, 2.05) is 12.1 Å². The van der Waals surface area contributed by atoms with Crippen molar-refractivity contribution in [3.05, 3.63) is 64.4 Å². The molecular formula is C14H10ClFOS. The second-order valence-corrected chi connectivity index (χ2v) is 5.17. The molecule has 4 heteroatoms. The lowest BCUT2D eigenvalue weighted by molar-refractivity contribution is 0.112. The summed E-state index contributed by atoms with van der Waals surface area (Å²) in [5.74, 6) is 0.274. The van der Waals surface area contributed by atoms with Gasteiger partial charge in [-0.15, -0.1) is 11.8 Å². The van der Waals surface area contributed by atoms with Gasteiger partial charge in [-0.2, -0.15) is 0 Å². The molecule has 2 aromatic carbocycles. The van der Waals surface area contributed by atoms with Gasteiger partial charge in [0, 0.05) is 21.2 Å². The van der Waals surface area contributed by atoms with Gasteiger partial charge in [-0.25, -0.2) is 4.39 Å². The Labute approximate surface area is 114 Å². The smallest absolute Gasteiger partial charge is 0.150 e. The number of hydrogen-bond acceptors (Lipinski definition) is 2. The maximum absolute atomic E-state index is 13.1. The van der Waals surface area contributed by atoms with Crippen LogP contribution in [-0.4, -0.2) is 6.29 Å². The first-order valence-corrected chi connectivity index (χ1v) is 6.67. The van der Waals surface area contributed by atoms with Gasteiger partial charge in [-0.1, -0.05) is 23.7 Å². The van der Waals surface area contributed by atoms with Crippen molar-refractivity contribution >= 4 is 29.6 Å². The van der Waals surface area contributed by atoms with Gasteiger partial charge in [0.15, 0.2) is 0 Å². The van der Waals surface area contributed by atoms with Crippen LogP contribution < -0.4 is 0 Å². The fraction of sp³-hybridized carbons (Fsp3) is 0.0714. The van der Waals surface area contributed by atoms with Crippen molar-refractivity contribution in [3.63, 3.8) is 0 Å². The van der Waals surface area contributed by atoms with Crippen LogP contribution in [0.25, 0.3) is 0 Å². The predicted octanol–water partition coefficient (Wildman–Crippen LogP) is 4.58. The van der Waals surface area contributed by atoms with Crippen molar-refractivity contribution < 1.29 is 9.18 Å². The van der Waals surface area contributed by atoms with Crippen molar-refractivity contribution in [2.45, 2.75) is 10.6 Å². The standard InChI is InChI=1S/C14H10ClFOS/c15-14-5-4-12(16)7-11(14)9-18-13-3-1-2-10(6-13)8-17/h1-8H,9H2. The fourth-order valence-corrected chi connectivity index (χ4v) is 2.71. The van der Waals surface area contributed by atoms with Crippen LogP contribution in [0.4, 0.5) is 4.39 Å². The highest BCUT2D eigenvalue weighted by Gasteiger charge is 2.03. The minimum atomic E-state index is -0.295. The third-order valence-electron chi connectivity index (χ3n) is 2.40. The van der Waals surface area contributed by atoms with Gasteiger partial charge in [0.1, 0.15) is 12.1 Å². The predicted molar refractivity (Wildman–Crippen MR) is 72.8 cm³/mol. The van der Waals surface area contributed by atoms with Gasteiger partial charge in [-0.05, 0) is 35.9 Å². The first-order chi connectivity index (χ1) is 8.69. The molecule has 0 fully saturated rings. The molecule has 0 saturated heterocycles. The zero-order chi connectivity index (χ0) is 13.0. The number of aldehydes is 1. The van der Waals surface area contributed by atoms with E-state index in [1.165, 1.54) is 23.9 Å². The van der Waals surface area contributed by atoms with E-state index in [0.717, 1.165) is 16.7 Å². The first-order valence-electron chi connectivity index (χ1n) is 5.31. The molecule has 92 valence electrons. The highest BCUT2D eigenvalue weighted by molar-refractivity contribution is 7.98. The number of halogens is 2. The van der Waals surface area contributed by atoms with Crippen molar-refractivity contribution in [2.75, 3.05) is 0 Å². The zero-order valence-corrected chi connectivity index (χ0v) is 11.0. The molecule has 0 aromatic heterocycles. The molecule has 0 atom stereocenters. The Hall–Kier alpha value is -1.32. The van der Waals surface area contributed by atoms with Crippen LogP contribution in [-0.2, 0) is 5.75 Å². The SMILES string of the molecule is O=Cc1cccc(SCc2cc(F)ccc2Cl)c1. The molecule has 18 heavy (non-hydrogen) atoms. The van der Waals surface area contributed by atoms with Crippen LogP contribution in [0.15, 0.2) is 47.4 Å². The summed E-state index contributed by atoms with van der Waals surface area (Å²) in [4.78, 5) is 11.6. The summed E-state index contributed by atoms with van der Waals surface area (Å²) < 4.78 is 13.1. The molecule has 0 saturated carbocycles. The van der Waals surface area contributed by atoms with Crippen LogP contribution in [0.1, 0.15) is 15.9 Å². The van der Waals surface area contributed by atoms with Gasteiger partial charge in [0.2, 0.25) is 0 Å². The van der Waals surface area contributed by atoms with E-state index < -0.39 is 0 Å². The van der Waals surface area contributed by atoms with Gasteiger partial charge in [-0.3, -0.25) is 4.79 Å². The number of thioether (sulfide) groups is 1. The molecule has 0 unspecified atom stereocenters. The van der Waals surface area contributed by atoms with Gasteiger partial charge in [0.25, 0.3) is 0 Å². The fourth-order valence-electron chi connectivity index (χ4n) is 1.49. The van der Waals surface area contributed by atoms with Crippen molar-refractivity contribution in [3.8, 4) is 0 Å². The Bertz CT molecular complexity index is 571. The second kappa shape index (κ2) is 6.03. The minimum Gasteiger partial charge on any atom is -0.298 e. The van der Waals surface area contributed by atoms with Crippen LogP contribution in [0, 0.1) is 5.82 Å². The van der Waals surface area contributed by atoms with Crippen LogP contribution in [0.2, 0.25) is 5.02 Å². The Morgan fingerprint density at radius 1 is 1.22 bits per heavy atom. The third kappa shape index (κ3) is 3.34. The first kappa shape index (κ1) is 13.1. The normalized spacial score (nSPS) is 10.3. The number of carbonyl (C=O) groups is 1. The molecule has 0 amide bonds.